The minimum absolute atomic E-state index is 0.813. The first-order chi connectivity index (χ1) is 15.5. The summed E-state index contributed by atoms with van der Waals surface area (Å²) in [4.78, 5) is 4.81. The third-order valence-corrected chi connectivity index (χ3v) is 6.26. The van der Waals surface area contributed by atoms with E-state index >= 15 is 0 Å². The minimum Gasteiger partial charge on any atom is -0.303 e. The summed E-state index contributed by atoms with van der Waals surface area (Å²) in [5, 5.41) is 0. The van der Waals surface area contributed by atoms with Crippen molar-refractivity contribution in [1.29, 1.82) is 0 Å². The Hall–Kier alpha value is -3.14. The molecule has 0 bridgehead atoms. The quantitative estimate of drug-likeness (QED) is 0.383. The summed E-state index contributed by atoms with van der Waals surface area (Å²) in [6.45, 7) is 9.77. The highest BCUT2D eigenvalue weighted by Crippen LogP contribution is 2.35. The summed E-state index contributed by atoms with van der Waals surface area (Å²) in [5.74, 6) is 0.467. The summed E-state index contributed by atoms with van der Waals surface area (Å²) in [6.07, 6.45) is 9.20. The molecule has 0 spiro atoms. The molecule has 5 rings (SSSR count). The van der Waals surface area contributed by atoms with Crippen molar-refractivity contribution in [3.63, 3.8) is 0 Å². The number of aromatic nitrogens is 4. The molecule has 2 aromatic heterocycles. The molecule has 3 heterocycles. The molecule has 0 atom stereocenters. The Labute approximate surface area is 187 Å². The molecule has 0 radical (unpaired) electrons. The number of nitrogens with zero attached hydrogens (tertiary/aromatic N) is 4. The molecule has 2 aromatic carbocycles. The second-order valence-corrected chi connectivity index (χ2v) is 8.95. The zero-order valence-corrected chi connectivity index (χ0v) is 19.2. The standard InChI is InChI=1S/C27H31N4/c1-17(2)20-9-7-10-21(18(3)4)26(20)31-14-13-29(6)27(31)22-16-24-23(15-19(22)5)28-25-11-8-12-30(24)25/h7-10,12-18H,11H2,1-6H3/q+1/i17D,18D. The number of hydrogen-bond donors (Lipinski definition) is 0. The predicted molar refractivity (Wildman–Crippen MR) is 128 cm³/mol. The maximum absolute atomic E-state index is 8.86. The molecule has 0 amide bonds. The Morgan fingerprint density at radius 1 is 1.10 bits per heavy atom. The molecule has 4 heteroatoms. The van der Waals surface area contributed by atoms with Crippen molar-refractivity contribution in [3.8, 4) is 17.1 Å². The van der Waals surface area contributed by atoms with Gasteiger partial charge in [0.15, 0.2) is 0 Å². The van der Waals surface area contributed by atoms with E-state index in [0.29, 0.717) is 0 Å². The van der Waals surface area contributed by atoms with Crippen LogP contribution >= 0.6 is 0 Å². The van der Waals surface area contributed by atoms with Gasteiger partial charge in [-0.1, -0.05) is 52.0 Å². The molecule has 1 aliphatic heterocycles. The molecule has 0 unspecified atom stereocenters. The SMILES string of the molecule is [2H]C(C)(C)c1cccc(C([2H])(C)C)c1-n1cc[n+](C)c1-c1cc2c(cc1C)nc1n2C=CC1. The van der Waals surface area contributed by atoms with Crippen LogP contribution in [0.15, 0.2) is 48.8 Å². The Morgan fingerprint density at radius 2 is 1.81 bits per heavy atom. The lowest BCUT2D eigenvalue weighted by molar-refractivity contribution is -0.659. The lowest BCUT2D eigenvalue weighted by Gasteiger charge is -2.18. The largest absolute Gasteiger partial charge is 0.303 e. The second-order valence-electron chi connectivity index (χ2n) is 8.95. The number of allylic oxidation sites excluding steroid dienone is 1. The fraction of sp³-hybridized carbons (Fsp3) is 0.333. The van der Waals surface area contributed by atoms with Gasteiger partial charge in [0.05, 0.1) is 23.6 Å². The van der Waals surface area contributed by atoms with Crippen molar-refractivity contribution in [1.82, 2.24) is 14.1 Å². The minimum atomic E-state index is -0.813. The van der Waals surface area contributed by atoms with E-state index in [1.54, 1.807) is 0 Å². The average Bonchev–Trinajstić information content (AvgIpc) is 3.40. The van der Waals surface area contributed by atoms with Gasteiger partial charge in [0.1, 0.15) is 23.9 Å². The smallest absolute Gasteiger partial charge is 0.294 e. The van der Waals surface area contributed by atoms with Crippen LogP contribution in [0.5, 0.6) is 0 Å². The maximum atomic E-state index is 8.86. The van der Waals surface area contributed by atoms with Gasteiger partial charge in [0.25, 0.3) is 5.82 Å². The maximum Gasteiger partial charge on any atom is 0.294 e. The van der Waals surface area contributed by atoms with E-state index in [4.69, 9.17) is 7.73 Å². The lowest BCUT2D eigenvalue weighted by atomic mass is 9.92. The molecule has 0 saturated heterocycles. The van der Waals surface area contributed by atoms with Crippen LogP contribution in [0.3, 0.4) is 0 Å². The molecule has 0 saturated carbocycles. The van der Waals surface area contributed by atoms with E-state index in [9.17, 15) is 0 Å². The number of hydrogen-bond acceptors (Lipinski definition) is 1. The molecular formula is C27H31N4+. The van der Waals surface area contributed by atoms with Crippen molar-refractivity contribution < 1.29 is 7.31 Å². The van der Waals surface area contributed by atoms with E-state index in [1.807, 2.05) is 52.1 Å². The van der Waals surface area contributed by atoms with Gasteiger partial charge in [-0.25, -0.2) is 9.55 Å². The van der Waals surface area contributed by atoms with Gasteiger partial charge in [-0.2, -0.15) is 4.57 Å². The van der Waals surface area contributed by atoms with Gasteiger partial charge in [0, 0.05) is 26.5 Å². The van der Waals surface area contributed by atoms with Crippen LogP contribution in [-0.4, -0.2) is 14.1 Å². The summed E-state index contributed by atoms with van der Waals surface area (Å²) in [6, 6.07) is 10.4. The highest BCUT2D eigenvalue weighted by atomic mass is 15.1. The number of imidazole rings is 2. The lowest BCUT2D eigenvalue weighted by Crippen LogP contribution is -2.29. The third kappa shape index (κ3) is 3.04. The van der Waals surface area contributed by atoms with Gasteiger partial charge in [-0.3, -0.25) is 0 Å². The summed E-state index contributed by atoms with van der Waals surface area (Å²) >= 11 is 0. The van der Waals surface area contributed by atoms with Crippen molar-refractivity contribution in [2.75, 3.05) is 0 Å². The number of aryl methyl sites for hydroxylation is 2. The Kier molecular flexibility index (Phi) is 4.09. The number of benzene rings is 2. The van der Waals surface area contributed by atoms with E-state index < -0.39 is 11.8 Å². The first-order valence-electron chi connectivity index (χ1n) is 11.9. The van der Waals surface area contributed by atoms with Gasteiger partial charge in [-0.05, 0) is 36.4 Å². The first kappa shape index (κ1) is 17.5. The fourth-order valence-corrected chi connectivity index (χ4v) is 4.70. The molecule has 1 aliphatic rings. The van der Waals surface area contributed by atoms with Crippen molar-refractivity contribution in [3.05, 3.63) is 71.3 Å². The van der Waals surface area contributed by atoms with Crippen molar-refractivity contribution in [2.45, 2.75) is 52.8 Å². The molecule has 0 N–H and O–H groups in total. The van der Waals surface area contributed by atoms with E-state index in [-0.39, 0.29) is 0 Å². The van der Waals surface area contributed by atoms with Gasteiger partial charge in [-0.15, -0.1) is 0 Å². The molecule has 4 nitrogen and oxygen atoms in total. The van der Waals surface area contributed by atoms with Crippen molar-refractivity contribution >= 4 is 17.2 Å². The predicted octanol–water partition coefficient (Wildman–Crippen LogP) is 5.90. The number of para-hydroxylation sites is 1. The number of rotatable bonds is 4. The van der Waals surface area contributed by atoms with Crippen molar-refractivity contribution in [2.24, 2.45) is 7.05 Å². The zero-order valence-electron chi connectivity index (χ0n) is 21.2. The van der Waals surface area contributed by atoms with E-state index in [1.165, 1.54) is 0 Å². The first-order valence-corrected chi connectivity index (χ1v) is 10.9. The monoisotopic (exact) mass is 413 g/mol. The summed E-state index contributed by atoms with van der Waals surface area (Å²) in [5.41, 5.74) is 7.11. The Balaban J connectivity index is 1.83. The molecular weight excluding hydrogens is 380 g/mol. The third-order valence-electron chi connectivity index (χ3n) is 6.26. The number of fused-ring (bicyclic) bond motifs is 3. The molecule has 0 fully saturated rings. The fourth-order valence-electron chi connectivity index (χ4n) is 4.70. The van der Waals surface area contributed by atoms with Crippen LogP contribution in [0.1, 0.15) is 64.7 Å². The van der Waals surface area contributed by atoms with E-state index in [2.05, 4.69) is 58.3 Å². The summed E-state index contributed by atoms with van der Waals surface area (Å²) in [7, 11) is 2.05. The topological polar surface area (TPSA) is 26.6 Å². The summed E-state index contributed by atoms with van der Waals surface area (Å²) < 4.78 is 24.2. The van der Waals surface area contributed by atoms with Gasteiger partial charge >= 0.3 is 0 Å². The van der Waals surface area contributed by atoms with Crippen LogP contribution in [0.4, 0.5) is 0 Å². The van der Waals surface area contributed by atoms with Crippen LogP contribution in [0.25, 0.3) is 34.3 Å². The van der Waals surface area contributed by atoms with E-state index in [0.717, 1.165) is 57.0 Å². The highest BCUT2D eigenvalue weighted by molar-refractivity contribution is 5.85. The van der Waals surface area contributed by atoms with Crippen LogP contribution in [-0.2, 0) is 13.5 Å². The molecule has 0 aliphatic carbocycles. The molecule has 4 aromatic rings. The zero-order chi connectivity index (χ0) is 23.7. The van der Waals surface area contributed by atoms with Gasteiger partial charge < -0.3 is 4.57 Å². The van der Waals surface area contributed by atoms with Crippen LogP contribution in [0, 0.1) is 6.92 Å². The van der Waals surface area contributed by atoms with Gasteiger partial charge in [0.2, 0.25) is 0 Å². The second kappa shape index (κ2) is 7.23. The Bertz CT molecular complexity index is 1390. The highest BCUT2D eigenvalue weighted by Gasteiger charge is 2.27. The average molecular weight is 414 g/mol. The van der Waals surface area contributed by atoms with Crippen LogP contribution in [0.2, 0.25) is 0 Å². The van der Waals surface area contributed by atoms with Crippen LogP contribution < -0.4 is 4.57 Å². The Morgan fingerprint density at radius 3 is 2.48 bits per heavy atom. The molecule has 158 valence electrons. The normalized spacial score (nSPS) is 14.8. The molecule has 31 heavy (non-hydrogen) atoms.